The van der Waals surface area contributed by atoms with Gasteiger partial charge < -0.3 is 10.6 Å². The van der Waals surface area contributed by atoms with E-state index >= 15 is 0 Å². The van der Waals surface area contributed by atoms with Crippen LogP contribution < -0.4 is 10.6 Å². The Hall–Kier alpha value is -1.09. The highest BCUT2D eigenvalue weighted by atomic mass is 15.1. The number of anilines is 1. The molecule has 0 atom stereocenters. The summed E-state index contributed by atoms with van der Waals surface area (Å²) in [4.78, 5) is 6.09. The highest BCUT2D eigenvalue weighted by Gasteiger charge is 2.13. The molecule has 1 aromatic rings. The van der Waals surface area contributed by atoms with Gasteiger partial charge in [0.2, 0.25) is 0 Å². The maximum Gasteiger partial charge on any atom is 0.0395 e. The molecule has 0 saturated heterocycles. The molecule has 0 aliphatic carbocycles. The third-order valence-corrected chi connectivity index (χ3v) is 1.75. The average Bonchev–Trinajstić information content (AvgIpc) is 2.03. The number of rotatable bonds is 3. The predicted octanol–water partition coefficient (Wildman–Crippen LogP) is 1.26. The van der Waals surface area contributed by atoms with Crippen molar-refractivity contribution >= 4 is 5.69 Å². The maximum absolute atomic E-state index is 5.92. The molecule has 1 aromatic heterocycles. The molecule has 0 fully saturated rings. The zero-order valence-electron chi connectivity index (χ0n) is 8.49. The lowest BCUT2D eigenvalue weighted by Crippen LogP contribution is -2.44. The Bertz CT molecular complexity index is 251. The standard InChI is InChI=1S/C10H17N3/c1-10(2,11)8-13(3)9-4-6-12-7-5-9/h4-7H,8,11H2,1-3H3. The summed E-state index contributed by atoms with van der Waals surface area (Å²) in [5.74, 6) is 0. The van der Waals surface area contributed by atoms with Crippen LogP contribution in [0.3, 0.4) is 0 Å². The first-order valence-corrected chi connectivity index (χ1v) is 4.39. The van der Waals surface area contributed by atoms with Crippen molar-refractivity contribution in [2.75, 3.05) is 18.5 Å². The van der Waals surface area contributed by atoms with Gasteiger partial charge in [-0.2, -0.15) is 0 Å². The van der Waals surface area contributed by atoms with Crippen LogP contribution in [0.4, 0.5) is 5.69 Å². The van der Waals surface area contributed by atoms with Gasteiger partial charge >= 0.3 is 0 Å². The van der Waals surface area contributed by atoms with Crippen molar-refractivity contribution in [3.63, 3.8) is 0 Å². The molecule has 0 aliphatic rings. The summed E-state index contributed by atoms with van der Waals surface area (Å²) >= 11 is 0. The number of aromatic nitrogens is 1. The molecule has 2 N–H and O–H groups in total. The van der Waals surface area contributed by atoms with Crippen LogP contribution in [0.2, 0.25) is 0 Å². The first-order valence-electron chi connectivity index (χ1n) is 4.39. The Labute approximate surface area is 79.6 Å². The van der Waals surface area contributed by atoms with E-state index in [9.17, 15) is 0 Å². The van der Waals surface area contributed by atoms with Gasteiger partial charge in [0.25, 0.3) is 0 Å². The van der Waals surface area contributed by atoms with Gasteiger partial charge in [-0.05, 0) is 26.0 Å². The summed E-state index contributed by atoms with van der Waals surface area (Å²) in [7, 11) is 2.03. The van der Waals surface area contributed by atoms with E-state index in [4.69, 9.17) is 5.73 Å². The van der Waals surface area contributed by atoms with Gasteiger partial charge in [0.05, 0.1) is 0 Å². The van der Waals surface area contributed by atoms with E-state index in [0.29, 0.717) is 0 Å². The van der Waals surface area contributed by atoms with E-state index in [-0.39, 0.29) is 5.54 Å². The number of likely N-dealkylation sites (N-methyl/N-ethyl adjacent to an activating group) is 1. The van der Waals surface area contributed by atoms with Crippen LogP contribution in [0.1, 0.15) is 13.8 Å². The minimum atomic E-state index is -0.169. The highest BCUT2D eigenvalue weighted by Crippen LogP contribution is 2.12. The second-order valence-electron chi connectivity index (χ2n) is 4.05. The van der Waals surface area contributed by atoms with Crippen molar-refractivity contribution in [3.05, 3.63) is 24.5 Å². The van der Waals surface area contributed by atoms with E-state index in [1.807, 2.05) is 33.0 Å². The van der Waals surface area contributed by atoms with Gasteiger partial charge in [-0.3, -0.25) is 4.98 Å². The Kier molecular flexibility index (Phi) is 2.88. The zero-order valence-corrected chi connectivity index (χ0v) is 8.49. The maximum atomic E-state index is 5.92. The van der Waals surface area contributed by atoms with E-state index in [0.717, 1.165) is 12.2 Å². The van der Waals surface area contributed by atoms with Crippen LogP contribution in [-0.2, 0) is 0 Å². The van der Waals surface area contributed by atoms with E-state index in [1.165, 1.54) is 0 Å². The van der Waals surface area contributed by atoms with Crippen LogP contribution in [0.15, 0.2) is 24.5 Å². The van der Waals surface area contributed by atoms with Crippen molar-refractivity contribution in [1.29, 1.82) is 0 Å². The molecule has 0 unspecified atom stereocenters. The lowest BCUT2D eigenvalue weighted by molar-refractivity contribution is 0.519. The van der Waals surface area contributed by atoms with Gasteiger partial charge in [0.1, 0.15) is 0 Å². The molecule has 0 saturated carbocycles. The fourth-order valence-corrected chi connectivity index (χ4v) is 1.30. The molecule has 0 aliphatic heterocycles. The zero-order chi connectivity index (χ0) is 9.90. The normalized spacial score (nSPS) is 11.4. The molecule has 13 heavy (non-hydrogen) atoms. The van der Waals surface area contributed by atoms with Crippen LogP contribution in [-0.4, -0.2) is 24.1 Å². The summed E-state index contributed by atoms with van der Waals surface area (Å²) in [6.07, 6.45) is 3.57. The van der Waals surface area contributed by atoms with E-state index in [1.54, 1.807) is 12.4 Å². The van der Waals surface area contributed by atoms with Gasteiger partial charge in [-0.25, -0.2) is 0 Å². The van der Waals surface area contributed by atoms with Gasteiger partial charge in [0.15, 0.2) is 0 Å². The second-order valence-corrected chi connectivity index (χ2v) is 4.05. The fraction of sp³-hybridized carbons (Fsp3) is 0.500. The number of hydrogen-bond acceptors (Lipinski definition) is 3. The van der Waals surface area contributed by atoms with Crippen molar-refractivity contribution in [2.24, 2.45) is 5.73 Å². The summed E-state index contributed by atoms with van der Waals surface area (Å²) in [6, 6.07) is 3.96. The topological polar surface area (TPSA) is 42.1 Å². The number of nitrogens with zero attached hydrogens (tertiary/aromatic N) is 2. The van der Waals surface area contributed by atoms with E-state index < -0.39 is 0 Å². The molecule has 3 nitrogen and oxygen atoms in total. The molecule has 0 aromatic carbocycles. The molecule has 1 heterocycles. The summed E-state index contributed by atoms with van der Waals surface area (Å²) < 4.78 is 0. The largest absolute Gasteiger partial charge is 0.373 e. The van der Waals surface area contributed by atoms with Gasteiger partial charge in [-0.15, -0.1) is 0 Å². The molecule has 1 rings (SSSR count). The van der Waals surface area contributed by atoms with Crippen LogP contribution in [0.25, 0.3) is 0 Å². The van der Waals surface area contributed by atoms with E-state index in [2.05, 4.69) is 9.88 Å². The quantitative estimate of drug-likeness (QED) is 0.759. The van der Waals surface area contributed by atoms with Gasteiger partial charge in [0, 0.05) is 37.2 Å². The first-order chi connectivity index (χ1) is 5.99. The molecule has 0 radical (unpaired) electrons. The summed E-state index contributed by atoms with van der Waals surface area (Å²) in [5, 5.41) is 0. The molecule has 0 bridgehead atoms. The van der Waals surface area contributed by atoms with Gasteiger partial charge in [-0.1, -0.05) is 0 Å². The average molecular weight is 179 g/mol. The predicted molar refractivity (Wildman–Crippen MR) is 55.8 cm³/mol. The summed E-state index contributed by atoms with van der Waals surface area (Å²) in [6.45, 7) is 4.87. The summed E-state index contributed by atoms with van der Waals surface area (Å²) in [5.41, 5.74) is 6.89. The Morgan fingerprint density at radius 1 is 1.38 bits per heavy atom. The SMILES string of the molecule is CN(CC(C)(C)N)c1ccncc1. The third-order valence-electron chi connectivity index (χ3n) is 1.75. The monoisotopic (exact) mass is 179 g/mol. The lowest BCUT2D eigenvalue weighted by atomic mass is 10.1. The molecule has 3 heteroatoms. The van der Waals surface area contributed by atoms with Crippen molar-refractivity contribution in [2.45, 2.75) is 19.4 Å². The number of hydrogen-bond donors (Lipinski definition) is 1. The van der Waals surface area contributed by atoms with Crippen molar-refractivity contribution in [1.82, 2.24) is 4.98 Å². The third kappa shape index (κ3) is 3.42. The van der Waals surface area contributed by atoms with Crippen LogP contribution in [0, 0.1) is 0 Å². The van der Waals surface area contributed by atoms with Crippen LogP contribution in [0.5, 0.6) is 0 Å². The Morgan fingerprint density at radius 3 is 2.38 bits per heavy atom. The minimum Gasteiger partial charge on any atom is -0.373 e. The molecular weight excluding hydrogens is 162 g/mol. The highest BCUT2D eigenvalue weighted by molar-refractivity contribution is 5.43. The smallest absolute Gasteiger partial charge is 0.0395 e. The van der Waals surface area contributed by atoms with Crippen molar-refractivity contribution < 1.29 is 0 Å². The van der Waals surface area contributed by atoms with Crippen molar-refractivity contribution in [3.8, 4) is 0 Å². The fourth-order valence-electron chi connectivity index (χ4n) is 1.30. The molecular formula is C10H17N3. The van der Waals surface area contributed by atoms with Crippen LogP contribution >= 0.6 is 0 Å². The second kappa shape index (κ2) is 3.75. The Morgan fingerprint density at radius 2 is 1.92 bits per heavy atom. The first kappa shape index (κ1) is 9.99. The lowest BCUT2D eigenvalue weighted by Gasteiger charge is -2.27. The molecule has 0 spiro atoms. The number of pyridine rings is 1. The molecule has 0 amide bonds. The molecule has 72 valence electrons. The number of nitrogens with two attached hydrogens (primary N) is 1. The Balaban J connectivity index is 2.64. The minimum absolute atomic E-state index is 0.169.